The molecule has 1 aliphatic carbocycles. The molecule has 3 heteroatoms. The Bertz CT molecular complexity index is 1820. The van der Waals surface area contributed by atoms with Crippen LogP contribution in [-0.2, 0) is 10.8 Å². The van der Waals surface area contributed by atoms with Crippen molar-refractivity contribution in [1.29, 1.82) is 0 Å². The second-order valence-corrected chi connectivity index (χ2v) is 12.8. The summed E-state index contributed by atoms with van der Waals surface area (Å²) in [5, 5.41) is 5.98. The van der Waals surface area contributed by atoms with Crippen molar-refractivity contribution in [2.24, 2.45) is 0 Å². The Morgan fingerprint density at radius 1 is 0.780 bits per heavy atom. The van der Waals surface area contributed by atoms with E-state index < -0.39 is 0 Å². The lowest BCUT2D eigenvalue weighted by Crippen LogP contribution is -2.33. The van der Waals surface area contributed by atoms with Crippen molar-refractivity contribution in [2.75, 3.05) is 10.2 Å². The molecular formula is C38H40N2O. The first-order valence-electron chi connectivity index (χ1n) is 14.6. The molecule has 0 amide bonds. The van der Waals surface area contributed by atoms with Crippen LogP contribution in [0.3, 0.4) is 0 Å². The minimum Gasteiger partial charge on any atom is -0.456 e. The summed E-state index contributed by atoms with van der Waals surface area (Å²) in [5.41, 5.74) is 11.3. The van der Waals surface area contributed by atoms with Gasteiger partial charge in [-0.1, -0.05) is 64.6 Å². The van der Waals surface area contributed by atoms with E-state index in [2.05, 4.69) is 118 Å². The van der Waals surface area contributed by atoms with E-state index in [0.29, 0.717) is 0 Å². The molecule has 0 unspecified atom stereocenters. The third-order valence-electron chi connectivity index (χ3n) is 8.73. The molecule has 41 heavy (non-hydrogen) atoms. The zero-order valence-electron chi connectivity index (χ0n) is 25.1. The maximum absolute atomic E-state index is 6.24. The molecule has 0 saturated carbocycles. The van der Waals surface area contributed by atoms with Gasteiger partial charge in [-0.15, -0.1) is 0 Å². The zero-order valence-corrected chi connectivity index (χ0v) is 25.1. The molecule has 0 atom stereocenters. The molecule has 1 heterocycles. The summed E-state index contributed by atoms with van der Waals surface area (Å²) in [6.45, 7) is 18.1. The maximum Gasteiger partial charge on any atom is 0.137 e. The van der Waals surface area contributed by atoms with Crippen LogP contribution in [0.15, 0.2) is 108 Å². The van der Waals surface area contributed by atoms with Gasteiger partial charge in [0.2, 0.25) is 0 Å². The number of aryl methyl sites for hydroxylation is 1. The fourth-order valence-corrected chi connectivity index (χ4v) is 6.40. The third kappa shape index (κ3) is 4.95. The number of hydrogen-bond donors (Lipinski definition) is 1. The molecule has 0 aliphatic heterocycles. The van der Waals surface area contributed by atoms with Gasteiger partial charge >= 0.3 is 0 Å². The lowest BCUT2D eigenvalue weighted by molar-refractivity contribution is 0.332. The standard InChI is InChI=1S/C38H40N2O/c1-8-11-26(3)40(29-15-16-32-31-12-9-10-13-35(31)41-36(32)24-29)30-21-25(2)20-28(22-30)39-27-14-17-33-34(23-27)38(6,7)19-18-37(33,4)5/h8-17,20-24,39H,3,18-19H2,1-2,4-7H3/b11-8-. The number of anilines is 4. The van der Waals surface area contributed by atoms with Crippen molar-refractivity contribution in [3.8, 4) is 0 Å². The summed E-state index contributed by atoms with van der Waals surface area (Å²) in [6.07, 6.45) is 6.49. The van der Waals surface area contributed by atoms with Gasteiger partial charge in [-0.05, 0) is 109 Å². The number of hydrogen-bond acceptors (Lipinski definition) is 3. The molecule has 1 aliphatic rings. The van der Waals surface area contributed by atoms with Crippen molar-refractivity contribution < 1.29 is 4.42 Å². The fourth-order valence-electron chi connectivity index (χ4n) is 6.40. The Balaban J connectivity index is 1.40. The highest BCUT2D eigenvalue weighted by atomic mass is 16.3. The van der Waals surface area contributed by atoms with Crippen LogP contribution >= 0.6 is 0 Å². The van der Waals surface area contributed by atoms with Crippen molar-refractivity contribution >= 4 is 44.7 Å². The second kappa shape index (κ2) is 9.99. The molecular weight excluding hydrogens is 500 g/mol. The number of para-hydroxylation sites is 1. The maximum atomic E-state index is 6.24. The SMILES string of the molecule is C=C(/C=C\C)N(c1cc(C)cc(Nc2ccc3c(c2)C(C)(C)CCC3(C)C)c1)c1ccc2c(c1)oc1ccccc12. The molecule has 0 radical (unpaired) electrons. The molecule has 1 aromatic heterocycles. The number of benzene rings is 4. The lowest BCUT2D eigenvalue weighted by atomic mass is 9.63. The van der Waals surface area contributed by atoms with Crippen LogP contribution in [0.25, 0.3) is 21.9 Å². The summed E-state index contributed by atoms with van der Waals surface area (Å²) < 4.78 is 6.24. The van der Waals surface area contributed by atoms with Gasteiger partial charge in [-0.3, -0.25) is 0 Å². The highest BCUT2D eigenvalue weighted by Gasteiger charge is 2.37. The van der Waals surface area contributed by atoms with E-state index in [-0.39, 0.29) is 10.8 Å². The van der Waals surface area contributed by atoms with Gasteiger partial charge in [0.1, 0.15) is 11.2 Å². The van der Waals surface area contributed by atoms with E-state index in [9.17, 15) is 0 Å². The summed E-state index contributed by atoms with van der Waals surface area (Å²) >= 11 is 0. The first kappa shape index (κ1) is 27.0. The Hall–Kier alpha value is -4.24. The summed E-state index contributed by atoms with van der Waals surface area (Å²) in [7, 11) is 0. The Morgan fingerprint density at radius 2 is 1.51 bits per heavy atom. The average molecular weight is 541 g/mol. The lowest BCUT2D eigenvalue weighted by Gasteiger charge is -2.42. The van der Waals surface area contributed by atoms with Crippen LogP contribution in [-0.4, -0.2) is 0 Å². The molecule has 4 aromatic carbocycles. The first-order chi connectivity index (χ1) is 19.6. The summed E-state index contributed by atoms with van der Waals surface area (Å²) in [5.74, 6) is 0. The van der Waals surface area contributed by atoms with E-state index in [4.69, 9.17) is 4.42 Å². The summed E-state index contributed by atoms with van der Waals surface area (Å²) in [4.78, 5) is 2.20. The van der Waals surface area contributed by atoms with Crippen LogP contribution in [0.1, 0.15) is 64.2 Å². The minimum absolute atomic E-state index is 0.163. The normalized spacial score (nSPS) is 15.8. The Kier molecular flexibility index (Phi) is 6.57. The highest BCUT2D eigenvalue weighted by molar-refractivity contribution is 6.06. The Labute approximate surface area is 244 Å². The smallest absolute Gasteiger partial charge is 0.137 e. The fraction of sp³-hybridized carbons (Fsp3) is 0.263. The molecule has 0 fully saturated rings. The molecule has 0 spiro atoms. The topological polar surface area (TPSA) is 28.4 Å². The Morgan fingerprint density at radius 3 is 2.29 bits per heavy atom. The van der Waals surface area contributed by atoms with Crippen molar-refractivity contribution in [3.63, 3.8) is 0 Å². The van der Waals surface area contributed by atoms with Gasteiger partial charge in [0.05, 0.1) is 0 Å². The molecule has 1 N–H and O–H groups in total. The average Bonchev–Trinajstić information content (AvgIpc) is 3.29. The molecule has 0 bridgehead atoms. The van der Waals surface area contributed by atoms with Crippen LogP contribution < -0.4 is 10.2 Å². The first-order valence-corrected chi connectivity index (χ1v) is 14.6. The number of nitrogens with zero attached hydrogens (tertiary/aromatic N) is 1. The summed E-state index contributed by atoms with van der Waals surface area (Å²) in [6, 6.07) is 28.2. The van der Waals surface area contributed by atoms with Crippen LogP contribution in [0.5, 0.6) is 0 Å². The van der Waals surface area contributed by atoms with Crippen LogP contribution in [0.4, 0.5) is 22.7 Å². The number of rotatable bonds is 6. The molecule has 3 nitrogen and oxygen atoms in total. The quantitative estimate of drug-likeness (QED) is 0.217. The minimum atomic E-state index is 0.163. The van der Waals surface area contributed by atoms with Crippen molar-refractivity contribution in [3.05, 3.63) is 120 Å². The number of allylic oxidation sites excluding steroid dienone is 2. The van der Waals surface area contributed by atoms with Gasteiger partial charge in [0.25, 0.3) is 0 Å². The molecule has 0 saturated heterocycles. The van der Waals surface area contributed by atoms with Gasteiger partial charge in [-0.2, -0.15) is 0 Å². The zero-order chi connectivity index (χ0) is 28.9. The van der Waals surface area contributed by atoms with Gasteiger partial charge < -0.3 is 14.6 Å². The van der Waals surface area contributed by atoms with Crippen LogP contribution in [0, 0.1) is 6.92 Å². The van der Waals surface area contributed by atoms with E-state index in [1.807, 2.05) is 31.2 Å². The van der Waals surface area contributed by atoms with E-state index in [1.165, 1.54) is 29.5 Å². The largest absolute Gasteiger partial charge is 0.456 e. The molecule has 5 aromatic rings. The van der Waals surface area contributed by atoms with Crippen LogP contribution in [0.2, 0.25) is 0 Å². The van der Waals surface area contributed by atoms with E-state index in [1.54, 1.807) is 0 Å². The molecule has 208 valence electrons. The molecule has 6 rings (SSSR count). The second-order valence-electron chi connectivity index (χ2n) is 12.8. The van der Waals surface area contributed by atoms with Crippen molar-refractivity contribution in [2.45, 2.75) is 65.2 Å². The number of nitrogens with one attached hydrogen (secondary N) is 1. The van der Waals surface area contributed by atoms with Gasteiger partial charge in [0.15, 0.2) is 0 Å². The predicted molar refractivity (Wildman–Crippen MR) is 176 cm³/mol. The van der Waals surface area contributed by atoms with E-state index in [0.717, 1.165) is 50.4 Å². The van der Waals surface area contributed by atoms with Crippen molar-refractivity contribution in [1.82, 2.24) is 0 Å². The monoisotopic (exact) mass is 540 g/mol. The van der Waals surface area contributed by atoms with Gasteiger partial charge in [0, 0.05) is 45.3 Å². The van der Waals surface area contributed by atoms with E-state index >= 15 is 0 Å². The number of fused-ring (bicyclic) bond motifs is 4. The highest BCUT2D eigenvalue weighted by Crippen LogP contribution is 2.47. The third-order valence-corrected chi connectivity index (χ3v) is 8.73. The number of furan rings is 1. The van der Waals surface area contributed by atoms with Gasteiger partial charge in [-0.25, -0.2) is 0 Å². The predicted octanol–water partition coefficient (Wildman–Crippen LogP) is 11.2.